The molecule has 0 radical (unpaired) electrons. The SMILES string of the molecule is C=C(Nc1ccccc1)C(C)CCN(C)C. The van der Waals surface area contributed by atoms with Gasteiger partial charge in [0.05, 0.1) is 0 Å². The van der Waals surface area contributed by atoms with Gasteiger partial charge in [-0.2, -0.15) is 0 Å². The molecule has 0 aromatic heterocycles. The van der Waals surface area contributed by atoms with Crippen LogP contribution in [0.4, 0.5) is 5.69 Å². The third kappa shape index (κ3) is 4.49. The van der Waals surface area contributed by atoms with Crippen molar-refractivity contribution in [2.24, 2.45) is 5.92 Å². The van der Waals surface area contributed by atoms with Gasteiger partial charge in [-0.15, -0.1) is 0 Å². The molecule has 1 aromatic carbocycles. The van der Waals surface area contributed by atoms with Gasteiger partial charge in [-0.25, -0.2) is 0 Å². The van der Waals surface area contributed by atoms with E-state index in [1.165, 1.54) is 0 Å². The topological polar surface area (TPSA) is 15.3 Å². The van der Waals surface area contributed by atoms with Gasteiger partial charge in [-0.1, -0.05) is 31.7 Å². The summed E-state index contributed by atoms with van der Waals surface area (Å²) in [5, 5.41) is 3.35. The zero-order chi connectivity index (χ0) is 12.0. The van der Waals surface area contributed by atoms with Crippen molar-refractivity contribution >= 4 is 5.69 Å². The Labute approximate surface area is 99.0 Å². The molecule has 0 aliphatic carbocycles. The van der Waals surface area contributed by atoms with Crippen molar-refractivity contribution in [3.63, 3.8) is 0 Å². The maximum atomic E-state index is 4.10. The Morgan fingerprint density at radius 2 is 1.94 bits per heavy atom. The molecule has 1 unspecified atom stereocenters. The summed E-state index contributed by atoms with van der Waals surface area (Å²) in [6, 6.07) is 10.2. The molecular weight excluding hydrogens is 196 g/mol. The number of para-hydroxylation sites is 1. The van der Waals surface area contributed by atoms with Crippen LogP contribution in [0.15, 0.2) is 42.6 Å². The van der Waals surface area contributed by atoms with Crippen molar-refractivity contribution in [1.82, 2.24) is 4.90 Å². The van der Waals surface area contributed by atoms with Crippen LogP contribution in [0.25, 0.3) is 0 Å². The molecule has 0 heterocycles. The molecule has 88 valence electrons. The number of hydrogen-bond donors (Lipinski definition) is 1. The Balaban J connectivity index is 2.40. The van der Waals surface area contributed by atoms with E-state index in [1.807, 2.05) is 18.2 Å². The van der Waals surface area contributed by atoms with E-state index in [1.54, 1.807) is 0 Å². The first kappa shape index (κ1) is 12.8. The summed E-state index contributed by atoms with van der Waals surface area (Å²) in [7, 11) is 4.19. The van der Waals surface area contributed by atoms with Crippen LogP contribution in [0.1, 0.15) is 13.3 Å². The summed E-state index contributed by atoms with van der Waals surface area (Å²) < 4.78 is 0. The normalized spacial score (nSPS) is 12.5. The molecule has 0 spiro atoms. The molecule has 0 amide bonds. The monoisotopic (exact) mass is 218 g/mol. The predicted molar refractivity (Wildman–Crippen MR) is 71.5 cm³/mol. The molecule has 1 N–H and O–H groups in total. The summed E-state index contributed by atoms with van der Waals surface area (Å²) >= 11 is 0. The van der Waals surface area contributed by atoms with Crippen molar-refractivity contribution < 1.29 is 0 Å². The van der Waals surface area contributed by atoms with Crippen molar-refractivity contribution in [2.75, 3.05) is 26.0 Å². The van der Waals surface area contributed by atoms with Gasteiger partial charge in [0.1, 0.15) is 0 Å². The van der Waals surface area contributed by atoms with Gasteiger partial charge in [0.25, 0.3) is 0 Å². The zero-order valence-electron chi connectivity index (χ0n) is 10.5. The van der Waals surface area contributed by atoms with Crippen LogP contribution in [0, 0.1) is 5.92 Å². The van der Waals surface area contributed by atoms with E-state index >= 15 is 0 Å². The van der Waals surface area contributed by atoms with E-state index in [2.05, 4.69) is 49.9 Å². The Kier molecular flexibility index (Phi) is 5.06. The van der Waals surface area contributed by atoms with Crippen LogP contribution < -0.4 is 5.32 Å². The highest BCUT2D eigenvalue weighted by Gasteiger charge is 2.07. The number of rotatable bonds is 6. The van der Waals surface area contributed by atoms with E-state index in [0.29, 0.717) is 5.92 Å². The number of allylic oxidation sites excluding steroid dienone is 1. The molecule has 0 fully saturated rings. The standard InChI is InChI=1S/C14H22N2/c1-12(10-11-16(3)4)13(2)15-14-8-6-5-7-9-14/h5-9,12,15H,2,10-11H2,1,3-4H3. The molecule has 0 aliphatic rings. The molecular formula is C14H22N2. The summed E-state index contributed by atoms with van der Waals surface area (Å²) in [6.45, 7) is 7.40. The zero-order valence-corrected chi connectivity index (χ0v) is 10.5. The lowest BCUT2D eigenvalue weighted by Gasteiger charge is -2.18. The molecule has 0 aliphatic heterocycles. The second kappa shape index (κ2) is 6.33. The summed E-state index contributed by atoms with van der Waals surface area (Å²) in [5.74, 6) is 0.489. The van der Waals surface area contributed by atoms with Crippen LogP contribution in [-0.4, -0.2) is 25.5 Å². The summed E-state index contributed by atoms with van der Waals surface area (Å²) in [4.78, 5) is 2.20. The van der Waals surface area contributed by atoms with E-state index in [9.17, 15) is 0 Å². The fourth-order valence-electron chi connectivity index (χ4n) is 1.46. The van der Waals surface area contributed by atoms with Gasteiger partial charge in [-0.05, 0) is 45.1 Å². The van der Waals surface area contributed by atoms with Crippen LogP contribution in [0.3, 0.4) is 0 Å². The third-order valence-electron chi connectivity index (χ3n) is 2.68. The van der Waals surface area contributed by atoms with Crippen LogP contribution in [0.5, 0.6) is 0 Å². The lowest BCUT2D eigenvalue weighted by Crippen LogP contribution is -2.18. The van der Waals surface area contributed by atoms with Gasteiger partial charge in [0.15, 0.2) is 0 Å². The lowest BCUT2D eigenvalue weighted by molar-refractivity contribution is 0.376. The Morgan fingerprint density at radius 3 is 2.50 bits per heavy atom. The minimum atomic E-state index is 0.489. The largest absolute Gasteiger partial charge is 0.359 e. The van der Waals surface area contributed by atoms with Gasteiger partial charge in [0.2, 0.25) is 0 Å². The first-order chi connectivity index (χ1) is 7.59. The van der Waals surface area contributed by atoms with Crippen molar-refractivity contribution in [3.8, 4) is 0 Å². The average molecular weight is 218 g/mol. The first-order valence-corrected chi connectivity index (χ1v) is 5.75. The van der Waals surface area contributed by atoms with Crippen molar-refractivity contribution in [2.45, 2.75) is 13.3 Å². The van der Waals surface area contributed by atoms with E-state index in [0.717, 1.165) is 24.4 Å². The quantitative estimate of drug-likeness (QED) is 0.789. The highest BCUT2D eigenvalue weighted by molar-refractivity contribution is 5.47. The number of nitrogens with zero attached hydrogens (tertiary/aromatic N) is 1. The second-order valence-electron chi connectivity index (χ2n) is 4.51. The molecule has 0 saturated heterocycles. The fraction of sp³-hybridized carbons (Fsp3) is 0.429. The van der Waals surface area contributed by atoms with E-state index in [-0.39, 0.29) is 0 Å². The molecule has 1 atom stereocenters. The van der Waals surface area contributed by atoms with Gasteiger partial charge >= 0.3 is 0 Å². The highest BCUT2D eigenvalue weighted by atomic mass is 15.0. The molecule has 16 heavy (non-hydrogen) atoms. The van der Waals surface area contributed by atoms with Crippen molar-refractivity contribution in [1.29, 1.82) is 0 Å². The van der Waals surface area contributed by atoms with E-state index < -0.39 is 0 Å². The predicted octanol–water partition coefficient (Wildman–Crippen LogP) is 3.20. The number of hydrogen-bond acceptors (Lipinski definition) is 2. The maximum absolute atomic E-state index is 4.10. The van der Waals surface area contributed by atoms with Crippen molar-refractivity contribution in [3.05, 3.63) is 42.6 Å². The Hall–Kier alpha value is -1.28. The Morgan fingerprint density at radius 1 is 1.31 bits per heavy atom. The number of nitrogens with one attached hydrogen (secondary N) is 1. The van der Waals surface area contributed by atoms with Crippen LogP contribution in [-0.2, 0) is 0 Å². The summed E-state index contributed by atoms with van der Waals surface area (Å²) in [6.07, 6.45) is 1.13. The molecule has 1 rings (SSSR count). The Bertz CT molecular complexity index is 317. The maximum Gasteiger partial charge on any atom is 0.0381 e. The lowest BCUT2D eigenvalue weighted by atomic mass is 10.0. The molecule has 2 heteroatoms. The first-order valence-electron chi connectivity index (χ1n) is 5.75. The van der Waals surface area contributed by atoms with Crippen LogP contribution in [0.2, 0.25) is 0 Å². The molecule has 0 bridgehead atoms. The van der Waals surface area contributed by atoms with Gasteiger partial charge < -0.3 is 10.2 Å². The molecule has 2 nitrogen and oxygen atoms in total. The van der Waals surface area contributed by atoms with Gasteiger partial charge in [0, 0.05) is 11.4 Å². The average Bonchev–Trinajstić information content (AvgIpc) is 2.27. The number of anilines is 1. The summed E-state index contributed by atoms with van der Waals surface area (Å²) in [5.41, 5.74) is 2.21. The third-order valence-corrected chi connectivity index (χ3v) is 2.68. The second-order valence-corrected chi connectivity index (χ2v) is 4.51. The minimum absolute atomic E-state index is 0.489. The molecule has 1 aromatic rings. The van der Waals surface area contributed by atoms with Gasteiger partial charge in [-0.3, -0.25) is 0 Å². The molecule has 0 saturated carbocycles. The minimum Gasteiger partial charge on any atom is -0.359 e. The van der Waals surface area contributed by atoms with Crippen LogP contribution >= 0.6 is 0 Å². The number of benzene rings is 1. The smallest absolute Gasteiger partial charge is 0.0381 e. The van der Waals surface area contributed by atoms with E-state index in [4.69, 9.17) is 0 Å². The fourth-order valence-corrected chi connectivity index (χ4v) is 1.46. The highest BCUT2D eigenvalue weighted by Crippen LogP contribution is 2.16.